The van der Waals surface area contributed by atoms with Gasteiger partial charge < -0.3 is 0 Å². The first-order valence-electron chi connectivity index (χ1n) is 7.10. The molecule has 0 saturated heterocycles. The van der Waals surface area contributed by atoms with Gasteiger partial charge in [-0.25, -0.2) is 9.97 Å². The highest BCUT2D eigenvalue weighted by Crippen LogP contribution is 2.11. The van der Waals surface area contributed by atoms with E-state index in [9.17, 15) is 0 Å². The smallest absolute Gasteiger partial charge is 0.0801 e. The molecule has 0 amide bonds. The summed E-state index contributed by atoms with van der Waals surface area (Å²) in [6, 6.07) is 0. The van der Waals surface area contributed by atoms with Crippen LogP contribution in [0.25, 0.3) is 6.08 Å². The maximum atomic E-state index is 4.15. The van der Waals surface area contributed by atoms with Gasteiger partial charge in [-0.05, 0) is 26.3 Å². The van der Waals surface area contributed by atoms with Crippen LogP contribution in [0.15, 0.2) is 17.6 Å². The van der Waals surface area contributed by atoms with Crippen molar-refractivity contribution in [1.82, 2.24) is 9.97 Å². The second-order valence-corrected chi connectivity index (χ2v) is 5.32. The van der Waals surface area contributed by atoms with Crippen molar-refractivity contribution in [2.75, 3.05) is 0 Å². The maximum Gasteiger partial charge on any atom is 0.0801 e. The van der Waals surface area contributed by atoms with Gasteiger partial charge in [0.25, 0.3) is 0 Å². The Morgan fingerprint density at radius 2 is 1.50 bits per heavy atom. The quantitative estimate of drug-likeness (QED) is 0.663. The van der Waals surface area contributed by atoms with Crippen LogP contribution < -0.4 is 0 Å². The molecule has 0 aliphatic rings. The fourth-order valence-electron chi connectivity index (χ4n) is 1.18. The minimum atomic E-state index is 1.01. The average Bonchev–Trinajstić information content (AvgIpc) is 3.11. The highest BCUT2D eigenvalue weighted by molar-refractivity contribution is 7.09. The largest absolute Gasteiger partial charge is 0.249 e. The van der Waals surface area contributed by atoms with E-state index in [1.165, 1.54) is 15.4 Å². The summed E-state index contributed by atoms with van der Waals surface area (Å²) in [6.07, 6.45) is 2.83. The van der Waals surface area contributed by atoms with Gasteiger partial charge in [0.2, 0.25) is 0 Å². The zero-order valence-electron chi connectivity index (χ0n) is 13.9. The summed E-state index contributed by atoms with van der Waals surface area (Å²) >= 11 is 3.36. The van der Waals surface area contributed by atoms with Gasteiger partial charge in [0.1, 0.15) is 0 Å². The van der Waals surface area contributed by atoms with E-state index < -0.39 is 0 Å². The van der Waals surface area contributed by atoms with Gasteiger partial charge in [-0.15, -0.1) is 22.7 Å². The second kappa shape index (κ2) is 14.4. The highest BCUT2D eigenvalue weighted by Gasteiger charge is 1.94. The van der Waals surface area contributed by atoms with Crippen molar-refractivity contribution in [1.29, 1.82) is 0 Å². The Balaban J connectivity index is 0. The Hall–Kier alpha value is -1.00. The Morgan fingerprint density at radius 3 is 1.70 bits per heavy atom. The molecule has 0 saturated carbocycles. The first-order chi connectivity index (χ1) is 9.69. The lowest BCUT2D eigenvalue weighted by atomic mass is 10.3. The number of rotatable bonds is 2. The Morgan fingerprint density at radius 1 is 1.00 bits per heavy atom. The van der Waals surface area contributed by atoms with Crippen LogP contribution in [0.2, 0.25) is 0 Å². The van der Waals surface area contributed by atoms with E-state index in [1.54, 1.807) is 28.7 Å². The average molecular weight is 313 g/mol. The fourth-order valence-corrected chi connectivity index (χ4v) is 2.43. The van der Waals surface area contributed by atoms with E-state index in [-0.39, 0.29) is 0 Å². The molecule has 2 heterocycles. The van der Waals surface area contributed by atoms with Gasteiger partial charge in [0.15, 0.2) is 0 Å². The van der Waals surface area contributed by atoms with Crippen molar-refractivity contribution in [2.24, 2.45) is 0 Å². The molecular weight excluding hydrogens is 284 g/mol. The second-order valence-electron chi connectivity index (χ2n) is 3.21. The number of aryl methyl sites for hydroxylation is 3. The van der Waals surface area contributed by atoms with Gasteiger partial charge in [0, 0.05) is 9.75 Å². The van der Waals surface area contributed by atoms with E-state index in [0.29, 0.717) is 0 Å². The summed E-state index contributed by atoms with van der Waals surface area (Å²) in [6.45, 7) is 17.9. The van der Waals surface area contributed by atoms with Crippen molar-refractivity contribution in [3.8, 4) is 0 Å². The van der Waals surface area contributed by atoms with Crippen LogP contribution in [0.4, 0.5) is 0 Å². The predicted octanol–water partition coefficient (Wildman–Crippen LogP) is 6.16. The van der Waals surface area contributed by atoms with E-state index in [4.69, 9.17) is 0 Å². The molecule has 0 aliphatic heterocycles. The number of aromatic nitrogens is 2. The molecule has 2 aromatic heterocycles. The monoisotopic (exact) mass is 312 g/mol. The third-order valence-corrected chi connectivity index (χ3v) is 3.73. The zero-order valence-corrected chi connectivity index (χ0v) is 15.5. The Kier molecular flexibility index (Phi) is 15.3. The molecule has 0 N–H and O–H groups in total. The summed E-state index contributed by atoms with van der Waals surface area (Å²) < 4.78 is 0. The molecule has 0 unspecified atom stereocenters. The molecule has 0 atom stereocenters. The van der Waals surface area contributed by atoms with Crippen molar-refractivity contribution >= 4 is 28.7 Å². The van der Waals surface area contributed by atoms with Crippen molar-refractivity contribution in [2.45, 2.75) is 54.9 Å². The summed E-state index contributed by atoms with van der Waals surface area (Å²) in [4.78, 5) is 10.8. The van der Waals surface area contributed by atoms with E-state index in [2.05, 4.69) is 30.4 Å². The molecule has 0 bridgehead atoms. The van der Waals surface area contributed by atoms with Crippen molar-refractivity contribution in [3.05, 3.63) is 38.7 Å². The highest BCUT2D eigenvalue weighted by atomic mass is 32.1. The summed E-state index contributed by atoms with van der Waals surface area (Å²) in [7, 11) is 0. The minimum absolute atomic E-state index is 1.01. The third-order valence-electron chi connectivity index (χ3n) is 2.15. The van der Waals surface area contributed by atoms with Gasteiger partial charge in [-0.1, -0.05) is 41.2 Å². The molecule has 20 heavy (non-hydrogen) atoms. The summed E-state index contributed by atoms with van der Waals surface area (Å²) in [5, 5.41) is 0. The molecule has 114 valence electrons. The van der Waals surface area contributed by atoms with Crippen molar-refractivity contribution < 1.29 is 0 Å². The lowest BCUT2D eigenvalue weighted by molar-refractivity contribution is 1.04. The molecule has 2 rings (SSSR count). The lowest BCUT2D eigenvalue weighted by Crippen LogP contribution is -1.79. The van der Waals surface area contributed by atoms with E-state index in [1.807, 2.05) is 45.6 Å². The van der Waals surface area contributed by atoms with Gasteiger partial charge in [-0.3, -0.25) is 0 Å². The molecule has 2 aromatic rings. The van der Waals surface area contributed by atoms with Crippen LogP contribution >= 0.6 is 22.7 Å². The molecule has 0 spiro atoms. The lowest BCUT2D eigenvalue weighted by Gasteiger charge is -1.85. The van der Waals surface area contributed by atoms with Gasteiger partial charge >= 0.3 is 0 Å². The molecular formula is C16H28N2S2. The van der Waals surface area contributed by atoms with Crippen molar-refractivity contribution in [3.63, 3.8) is 0 Å². The van der Waals surface area contributed by atoms with Crippen LogP contribution in [0.3, 0.4) is 0 Å². The number of nitrogens with zero attached hydrogens (tertiary/aromatic N) is 2. The molecule has 0 aliphatic carbocycles. The van der Waals surface area contributed by atoms with E-state index in [0.717, 1.165) is 12.1 Å². The third kappa shape index (κ3) is 8.23. The zero-order chi connectivity index (χ0) is 16.0. The first kappa shape index (κ1) is 21.3. The Bertz CT molecular complexity index is 445. The minimum Gasteiger partial charge on any atom is -0.249 e. The van der Waals surface area contributed by atoms with Gasteiger partial charge in [-0.2, -0.15) is 0 Å². The standard InChI is InChI=1S/C6H9NS.C6H7NS.2C2H6/c2*1-3-6-5(2)8-4-7-6;2*1-2/h4H,3H2,1-2H3;3-4H,1H2,2H3;2*1-2H3. The topological polar surface area (TPSA) is 25.8 Å². The summed E-state index contributed by atoms with van der Waals surface area (Å²) in [5.41, 5.74) is 5.98. The number of hydrogen-bond acceptors (Lipinski definition) is 4. The van der Waals surface area contributed by atoms with Crippen LogP contribution in [-0.2, 0) is 6.42 Å². The van der Waals surface area contributed by atoms with Gasteiger partial charge in [0.05, 0.1) is 22.4 Å². The molecule has 4 heteroatoms. The van der Waals surface area contributed by atoms with Crippen LogP contribution in [0, 0.1) is 13.8 Å². The number of thiazole rings is 2. The van der Waals surface area contributed by atoms with E-state index >= 15 is 0 Å². The predicted molar refractivity (Wildman–Crippen MR) is 95.9 cm³/mol. The fraction of sp³-hybridized carbons (Fsp3) is 0.500. The maximum absolute atomic E-state index is 4.15. The number of hydrogen-bond donors (Lipinski definition) is 0. The summed E-state index contributed by atoms with van der Waals surface area (Å²) in [5.74, 6) is 0. The molecule has 0 aromatic carbocycles. The molecule has 2 nitrogen and oxygen atoms in total. The SMILES string of the molecule is C=Cc1ncsc1C.CC.CC.CCc1ncsc1C. The Labute approximate surface area is 132 Å². The molecule has 0 radical (unpaired) electrons. The normalized spacial score (nSPS) is 8.15. The first-order valence-corrected chi connectivity index (χ1v) is 8.86. The van der Waals surface area contributed by atoms with Crippen LogP contribution in [-0.4, -0.2) is 9.97 Å². The van der Waals surface area contributed by atoms with Crippen LogP contribution in [0.1, 0.15) is 55.8 Å². The molecule has 0 fully saturated rings. The van der Waals surface area contributed by atoms with Crippen LogP contribution in [0.5, 0.6) is 0 Å².